The number of rotatable bonds is 6. The number of aliphatic hydroxyl groups is 3. The number of aryl methyl sites for hydroxylation is 1. The molecule has 8 nitrogen and oxygen atoms in total. The molecule has 0 fully saturated rings. The van der Waals surface area contributed by atoms with E-state index in [2.05, 4.69) is 0 Å². The molecule has 1 aromatic carbocycles. The first kappa shape index (κ1) is 25.4. The Kier molecular flexibility index (Phi) is 6.56. The van der Waals surface area contributed by atoms with Crippen LogP contribution in [0.2, 0.25) is 0 Å². The smallest absolute Gasteiger partial charge is 0.417 e. The molecule has 1 amide bonds. The van der Waals surface area contributed by atoms with Gasteiger partial charge in [-0.2, -0.15) is 0 Å². The number of ether oxygens (including phenoxy) is 1. The predicted octanol–water partition coefficient (Wildman–Crippen LogP) is 3.74. The highest BCUT2D eigenvalue weighted by molar-refractivity contribution is 7.13. The molecular formula is C26H33N3O5S. The van der Waals surface area contributed by atoms with Crippen LogP contribution in [0.1, 0.15) is 61.9 Å². The molecule has 0 spiro atoms. The van der Waals surface area contributed by atoms with Crippen molar-refractivity contribution in [1.29, 1.82) is 0 Å². The number of nitrogens with zero attached hydrogens (tertiary/aromatic N) is 3. The van der Waals surface area contributed by atoms with Gasteiger partial charge in [-0.1, -0.05) is 19.9 Å². The SMILES string of the molecule is CC(C)Cc1cc2c(cc1OC(O)(O)O)CCc1c(C(=O)N(C)C(C)(C)C)nc(-c3cccs3)n1-2. The molecule has 0 unspecified atom stereocenters. The maximum Gasteiger partial charge on any atom is 0.453 e. The van der Waals surface area contributed by atoms with Gasteiger partial charge in [0.15, 0.2) is 11.5 Å². The van der Waals surface area contributed by atoms with Gasteiger partial charge in [0.1, 0.15) is 5.75 Å². The van der Waals surface area contributed by atoms with Gasteiger partial charge in [-0.25, -0.2) is 4.98 Å². The first-order valence-corrected chi connectivity index (χ1v) is 12.6. The Labute approximate surface area is 209 Å². The average Bonchev–Trinajstić information content (AvgIpc) is 3.38. The van der Waals surface area contributed by atoms with Crippen molar-refractivity contribution < 1.29 is 24.9 Å². The zero-order valence-corrected chi connectivity index (χ0v) is 21.8. The zero-order chi connectivity index (χ0) is 25.7. The molecule has 0 saturated carbocycles. The van der Waals surface area contributed by atoms with Crippen molar-refractivity contribution in [2.75, 3.05) is 7.05 Å². The van der Waals surface area contributed by atoms with Gasteiger partial charge in [0.2, 0.25) is 0 Å². The van der Waals surface area contributed by atoms with Crippen LogP contribution >= 0.6 is 11.3 Å². The molecule has 1 aliphatic heterocycles. The van der Waals surface area contributed by atoms with Crippen molar-refractivity contribution in [3.05, 3.63) is 52.2 Å². The fraction of sp³-hybridized carbons (Fsp3) is 0.462. The van der Waals surface area contributed by atoms with Gasteiger partial charge in [-0.05, 0) is 80.7 Å². The lowest BCUT2D eigenvalue weighted by Gasteiger charge is -2.32. The maximum atomic E-state index is 13.5. The number of carbonyl (C=O) groups excluding carboxylic acids is 1. The van der Waals surface area contributed by atoms with E-state index in [0.29, 0.717) is 30.8 Å². The minimum Gasteiger partial charge on any atom is -0.417 e. The summed E-state index contributed by atoms with van der Waals surface area (Å²) in [6.45, 7) is 10.1. The molecular weight excluding hydrogens is 466 g/mol. The number of aromatic nitrogens is 2. The Morgan fingerprint density at radius 3 is 2.51 bits per heavy atom. The Balaban J connectivity index is 1.93. The van der Waals surface area contributed by atoms with E-state index in [1.165, 1.54) is 0 Å². The Hall–Kier alpha value is -2.72. The van der Waals surface area contributed by atoms with Crippen molar-refractivity contribution in [1.82, 2.24) is 14.5 Å². The Morgan fingerprint density at radius 2 is 1.94 bits per heavy atom. The highest BCUT2D eigenvalue weighted by Crippen LogP contribution is 2.39. The zero-order valence-electron chi connectivity index (χ0n) is 21.0. The van der Waals surface area contributed by atoms with E-state index in [1.807, 2.05) is 62.8 Å². The van der Waals surface area contributed by atoms with Gasteiger partial charge >= 0.3 is 6.16 Å². The number of fused-ring (bicyclic) bond motifs is 3. The third-order valence-corrected chi connectivity index (χ3v) is 7.10. The van der Waals surface area contributed by atoms with Crippen LogP contribution in [0.5, 0.6) is 5.75 Å². The van der Waals surface area contributed by atoms with Crippen LogP contribution in [0.25, 0.3) is 16.4 Å². The highest BCUT2D eigenvalue weighted by atomic mass is 32.1. The van der Waals surface area contributed by atoms with E-state index in [9.17, 15) is 20.1 Å². The summed E-state index contributed by atoms with van der Waals surface area (Å²) in [7, 11) is 1.80. The number of thiophene rings is 1. The van der Waals surface area contributed by atoms with Crippen LogP contribution in [0.4, 0.5) is 0 Å². The third kappa shape index (κ3) is 5.13. The average molecular weight is 500 g/mol. The molecule has 0 aliphatic carbocycles. The number of hydrogen-bond donors (Lipinski definition) is 3. The second kappa shape index (κ2) is 9.05. The van der Waals surface area contributed by atoms with Gasteiger partial charge in [0, 0.05) is 12.6 Å². The van der Waals surface area contributed by atoms with Gasteiger partial charge < -0.3 is 25.0 Å². The third-order valence-electron chi connectivity index (χ3n) is 6.24. The second-order valence-corrected chi connectivity index (χ2v) is 11.4. The number of benzene rings is 1. The van der Waals surface area contributed by atoms with Crippen LogP contribution < -0.4 is 4.74 Å². The van der Waals surface area contributed by atoms with Gasteiger partial charge in [0.25, 0.3) is 5.91 Å². The number of amides is 1. The van der Waals surface area contributed by atoms with E-state index >= 15 is 0 Å². The number of hydrogen-bond acceptors (Lipinski definition) is 7. The molecule has 0 saturated heterocycles. The van der Waals surface area contributed by atoms with Crippen molar-refractivity contribution >= 4 is 17.2 Å². The van der Waals surface area contributed by atoms with E-state index in [-0.39, 0.29) is 23.1 Å². The summed E-state index contributed by atoms with van der Waals surface area (Å²) < 4.78 is 7.13. The molecule has 1 aliphatic rings. The molecule has 35 heavy (non-hydrogen) atoms. The second-order valence-electron chi connectivity index (χ2n) is 10.4. The van der Waals surface area contributed by atoms with Gasteiger partial charge in [-0.15, -0.1) is 11.3 Å². The molecule has 3 heterocycles. The summed E-state index contributed by atoms with van der Waals surface area (Å²) in [4.78, 5) is 21.1. The molecule has 4 rings (SSSR count). The van der Waals surface area contributed by atoms with Crippen LogP contribution in [0.3, 0.4) is 0 Å². The largest absolute Gasteiger partial charge is 0.453 e. The van der Waals surface area contributed by atoms with Crippen molar-refractivity contribution in [3.8, 4) is 22.1 Å². The van der Waals surface area contributed by atoms with Crippen LogP contribution in [0.15, 0.2) is 29.6 Å². The lowest BCUT2D eigenvalue weighted by molar-refractivity contribution is -0.419. The van der Waals surface area contributed by atoms with Crippen molar-refractivity contribution in [3.63, 3.8) is 0 Å². The van der Waals surface area contributed by atoms with E-state index in [0.717, 1.165) is 27.4 Å². The molecule has 9 heteroatoms. The summed E-state index contributed by atoms with van der Waals surface area (Å²) in [5.74, 6) is 1.04. The fourth-order valence-electron chi connectivity index (χ4n) is 4.31. The minimum atomic E-state index is -3.27. The summed E-state index contributed by atoms with van der Waals surface area (Å²) in [6, 6.07) is 7.63. The van der Waals surface area contributed by atoms with E-state index in [4.69, 9.17) is 9.72 Å². The molecule has 2 aromatic heterocycles. The first-order chi connectivity index (χ1) is 16.3. The van der Waals surface area contributed by atoms with Crippen LogP contribution in [0, 0.1) is 5.92 Å². The van der Waals surface area contributed by atoms with E-state index < -0.39 is 6.16 Å². The summed E-state index contributed by atoms with van der Waals surface area (Å²) in [5, 5.41) is 30.4. The maximum absolute atomic E-state index is 13.5. The Morgan fingerprint density at radius 1 is 1.23 bits per heavy atom. The van der Waals surface area contributed by atoms with Crippen LogP contribution in [-0.4, -0.2) is 54.4 Å². The topological polar surface area (TPSA) is 108 Å². The van der Waals surface area contributed by atoms with Gasteiger partial charge in [0.05, 0.1) is 16.3 Å². The molecule has 0 bridgehead atoms. The molecule has 0 radical (unpaired) electrons. The lowest BCUT2D eigenvalue weighted by atomic mass is 9.94. The fourth-order valence-corrected chi connectivity index (χ4v) is 5.01. The molecule has 3 N–H and O–H groups in total. The molecule has 0 atom stereocenters. The monoisotopic (exact) mass is 499 g/mol. The van der Waals surface area contributed by atoms with Gasteiger partial charge in [-0.3, -0.25) is 9.36 Å². The molecule has 3 aromatic rings. The molecule has 188 valence electrons. The number of carbonyl (C=O) groups is 1. The lowest BCUT2D eigenvalue weighted by Crippen LogP contribution is -2.43. The standard InChI is InChI=1S/C26H33N3O5S/c1-15(2)12-17-13-19-16(14-20(17)34-26(31,32)33)9-10-18-22(24(30)28(6)25(3,4)5)27-23(29(18)19)21-8-7-11-35-21/h7-8,11,13-15,31-33H,9-10,12H2,1-6H3. The van der Waals surface area contributed by atoms with E-state index in [1.54, 1.807) is 29.4 Å². The van der Waals surface area contributed by atoms with Crippen LogP contribution in [-0.2, 0) is 19.3 Å². The number of imidazole rings is 1. The summed E-state index contributed by atoms with van der Waals surface area (Å²) in [6.07, 6.45) is -1.49. The summed E-state index contributed by atoms with van der Waals surface area (Å²) in [5.41, 5.74) is 3.45. The van der Waals surface area contributed by atoms with Crippen molar-refractivity contribution in [2.24, 2.45) is 5.92 Å². The normalized spacial score (nSPS) is 13.5. The quantitative estimate of drug-likeness (QED) is 0.446. The minimum absolute atomic E-state index is 0.125. The summed E-state index contributed by atoms with van der Waals surface area (Å²) >= 11 is 1.56. The highest BCUT2D eigenvalue weighted by Gasteiger charge is 2.34. The Bertz CT molecular complexity index is 1230. The predicted molar refractivity (Wildman–Crippen MR) is 135 cm³/mol. The van der Waals surface area contributed by atoms with Crippen molar-refractivity contribution in [2.45, 2.75) is 65.6 Å². The first-order valence-electron chi connectivity index (χ1n) is 11.7.